The van der Waals surface area contributed by atoms with Gasteiger partial charge in [-0.2, -0.15) is 0 Å². The molecule has 2 rings (SSSR count). The predicted molar refractivity (Wildman–Crippen MR) is 83.9 cm³/mol. The van der Waals surface area contributed by atoms with Crippen molar-refractivity contribution in [2.45, 2.75) is 19.4 Å². The van der Waals surface area contributed by atoms with Crippen LogP contribution in [0.2, 0.25) is 5.02 Å². The van der Waals surface area contributed by atoms with Gasteiger partial charge in [0.2, 0.25) is 0 Å². The van der Waals surface area contributed by atoms with Crippen LogP contribution in [0.5, 0.6) is 0 Å². The molecule has 1 aromatic heterocycles. The van der Waals surface area contributed by atoms with Gasteiger partial charge in [0, 0.05) is 48.9 Å². The van der Waals surface area contributed by atoms with Crippen LogP contribution in [-0.2, 0) is 0 Å². The topological polar surface area (TPSA) is 45.4 Å². The van der Waals surface area contributed by atoms with Gasteiger partial charge in [0.1, 0.15) is 5.82 Å². The highest BCUT2D eigenvalue weighted by molar-refractivity contribution is 9.10. The van der Waals surface area contributed by atoms with E-state index in [0.717, 1.165) is 36.5 Å². The van der Waals surface area contributed by atoms with Crippen LogP contribution in [0.1, 0.15) is 13.8 Å². The molecule has 0 aliphatic carbocycles. The largest absolute Gasteiger partial charge is 0.353 e. The van der Waals surface area contributed by atoms with E-state index < -0.39 is 0 Å². The van der Waals surface area contributed by atoms with E-state index in [2.05, 4.69) is 44.6 Å². The Labute approximate surface area is 128 Å². The predicted octanol–water partition coefficient (Wildman–Crippen LogP) is 2.36. The first-order valence-electron chi connectivity index (χ1n) is 6.45. The Morgan fingerprint density at radius 2 is 2.00 bits per heavy atom. The Hall–Kier alpha value is -0.360. The number of hydrogen-bond donors (Lipinski definition) is 1. The third-order valence-corrected chi connectivity index (χ3v) is 4.44. The number of hydrogen-bond acceptors (Lipinski definition) is 4. The van der Waals surface area contributed by atoms with Crippen molar-refractivity contribution in [1.29, 1.82) is 0 Å². The van der Waals surface area contributed by atoms with Gasteiger partial charge < -0.3 is 10.6 Å². The number of anilines is 1. The van der Waals surface area contributed by atoms with Crippen LogP contribution in [0.4, 0.5) is 5.82 Å². The molecule has 6 heteroatoms. The lowest BCUT2D eigenvalue weighted by Crippen LogP contribution is -2.57. The smallest absolute Gasteiger partial charge is 0.147 e. The molecular formula is C13H20BrClN4. The molecule has 0 radical (unpaired) electrons. The average molecular weight is 348 g/mol. The summed E-state index contributed by atoms with van der Waals surface area (Å²) in [6.45, 7) is 8.87. The molecule has 1 aromatic rings. The molecule has 1 aliphatic rings. The maximum absolute atomic E-state index is 6.25. The summed E-state index contributed by atoms with van der Waals surface area (Å²) in [7, 11) is 0. The van der Waals surface area contributed by atoms with E-state index >= 15 is 0 Å². The Morgan fingerprint density at radius 3 is 2.53 bits per heavy atom. The lowest BCUT2D eigenvalue weighted by atomic mass is 10.0. The van der Waals surface area contributed by atoms with Crippen LogP contribution in [0.15, 0.2) is 16.7 Å². The third-order valence-electron chi connectivity index (χ3n) is 3.72. The fraction of sp³-hybridized carbons (Fsp3) is 0.615. The van der Waals surface area contributed by atoms with Crippen molar-refractivity contribution in [1.82, 2.24) is 9.88 Å². The van der Waals surface area contributed by atoms with E-state index in [1.807, 2.05) is 6.07 Å². The molecule has 4 nitrogen and oxygen atoms in total. The highest BCUT2D eigenvalue weighted by Gasteiger charge is 2.29. The summed E-state index contributed by atoms with van der Waals surface area (Å²) in [6.07, 6.45) is 1.79. The van der Waals surface area contributed by atoms with E-state index in [1.54, 1.807) is 6.20 Å². The van der Waals surface area contributed by atoms with Crippen LogP contribution in [-0.4, -0.2) is 48.1 Å². The maximum atomic E-state index is 6.25. The summed E-state index contributed by atoms with van der Waals surface area (Å²) in [5.74, 6) is 0.870. The molecule has 0 bridgehead atoms. The van der Waals surface area contributed by atoms with Gasteiger partial charge in [-0.05, 0) is 35.8 Å². The summed E-state index contributed by atoms with van der Waals surface area (Å²) >= 11 is 9.63. The minimum Gasteiger partial charge on any atom is -0.353 e. The van der Waals surface area contributed by atoms with E-state index in [4.69, 9.17) is 17.3 Å². The van der Waals surface area contributed by atoms with Crippen molar-refractivity contribution in [2.75, 3.05) is 37.6 Å². The average Bonchev–Trinajstić information content (AvgIpc) is 2.39. The molecule has 0 atom stereocenters. The van der Waals surface area contributed by atoms with Gasteiger partial charge in [0.15, 0.2) is 0 Å². The molecule has 1 aliphatic heterocycles. The number of piperazine rings is 1. The number of pyridine rings is 1. The number of nitrogens with zero attached hydrogens (tertiary/aromatic N) is 3. The molecule has 106 valence electrons. The quantitative estimate of drug-likeness (QED) is 0.912. The normalized spacial score (nSPS) is 17.8. The Balaban J connectivity index is 2.04. The van der Waals surface area contributed by atoms with Crippen molar-refractivity contribution in [3.63, 3.8) is 0 Å². The van der Waals surface area contributed by atoms with Crippen LogP contribution < -0.4 is 10.6 Å². The standard InChI is InChI=1S/C13H20BrClN4/c1-13(2,9-16)19-5-3-18(4-6-19)12-11(15)7-10(14)8-17-12/h7-8H,3-6,9,16H2,1-2H3. The van der Waals surface area contributed by atoms with Crippen molar-refractivity contribution >= 4 is 33.3 Å². The first kappa shape index (κ1) is 15.0. The summed E-state index contributed by atoms with van der Waals surface area (Å²) in [4.78, 5) is 9.07. The maximum Gasteiger partial charge on any atom is 0.147 e. The first-order chi connectivity index (χ1) is 8.94. The van der Waals surface area contributed by atoms with Crippen LogP contribution in [0.25, 0.3) is 0 Å². The summed E-state index contributed by atoms with van der Waals surface area (Å²) in [6, 6.07) is 1.89. The number of nitrogens with two attached hydrogens (primary N) is 1. The molecule has 1 fully saturated rings. The molecule has 0 saturated carbocycles. The van der Waals surface area contributed by atoms with Crippen molar-refractivity contribution < 1.29 is 0 Å². The molecular weight excluding hydrogens is 328 g/mol. The Kier molecular flexibility index (Phi) is 4.71. The highest BCUT2D eigenvalue weighted by Crippen LogP contribution is 2.27. The van der Waals surface area contributed by atoms with Crippen molar-refractivity contribution in [3.8, 4) is 0 Å². The fourth-order valence-electron chi connectivity index (χ4n) is 2.29. The molecule has 0 amide bonds. The molecule has 0 spiro atoms. The van der Waals surface area contributed by atoms with Gasteiger partial charge in [0.05, 0.1) is 5.02 Å². The lowest BCUT2D eigenvalue weighted by molar-refractivity contribution is 0.119. The van der Waals surface area contributed by atoms with Gasteiger partial charge >= 0.3 is 0 Å². The molecule has 2 heterocycles. The summed E-state index contributed by atoms with van der Waals surface area (Å²) in [5, 5.41) is 0.695. The zero-order valence-electron chi connectivity index (χ0n) is 11.4. The lowest BCUT2D eigenvalue weighted by Gasteiger charge is -2.44. The minimum atomic E-state index is 0.0586. The second-order valence-electron chi connectivity index (χ2n) is 5.45. The number of halogens is 2. The van der Waals surface area contributed by atoms with Crippen LogP contribution >= 0.6 is 27.5 Å². The molecule has 19 heavy (non-hydrogen) atoms. The van der Waals surface area contributed by atoms with Gasteiger partial charge in [0.25, 0.3) is 0 Å². The van der Waals surface area contributed by atoms with Crippen LogP contribution in [0, 0.1) is 0 Å². The fourth-order valence-corrected chi connectivity index (χ4v) is 3.04. The molecule has 1 saturated heterocycles. The molecule has 2 N–H and O–H groups in total. The number of aromatic nitrogens is 1. The zero-order chi connectivity index (χ0) is 14.0. The van der Waals surface area contributed by atoms with E-state index in [1.165, 1.54) is 0 Å². The molecule has 0 aromatic carbocycles. The molecule has 0 unspecified atom stereocenters. The summed E-state index contributed by atoms with van der Waals surface area (Å²) < 4.78 is 0.907. The second kappa shape index (κ2) is 5.95. The SMILES string of the molecule is CC(C)(CN)N1CCN(c2ncc(Br)cc2Cl)CC1. The Morgan fingerprint density at radius 1 is 1.37 bits per heavy atom. The van der Waals surface area contributed by atoms with E-state index in [-0.39, 0.29) is 5.54 Å². The van der Waals surface area contributed by atoms with E-state index in [9.17, 15) is 0 Å². The summed E-state index contributed by atoms with van der Waals surface area (Å²) in [5.41, 5.74) is 5.89. The van der Waals surface area contributed by atoms with Crippen LogP contribution in [0.3, 0.4) is 0 Å². The van der Waals surface area contributed by atoms with Gasteiger partial charge in [-0.3, -0.25) is 4.90 Å². The number of rotatable bonds is 3. The van der Waals surface area contributed by atoms with E-state index in [0.29, 0.717) is 11.6 Å². The second-order valence-corrected chi connectivity index (χ2v) is 6.77. The van der Waals surface area contributed by atoms with Gasteiger partial charge in [-0.15, -0.1) is 0 Å². The highest BCUT2D eigenvalue weighted by atomic mass is 79.9. The Bertz CT molecular complexity index is 444. The van der Waals surface area contributed by atoms with Crippen molar-refractivity contribution in [2.24, 2.45) is 5.73 Å². The third kappa shape index (κ3) is 3.40. The zero-order valence-corrected chi connectivity index (χ0v) is 13.7. The minimum absolute atomic E-state index is 0.0586. The first-order valence-corrected chi connectivity index (χ1v) is 7.62. The van der Waals surface area contributed by atoms with Gasteiger partial charge in [-0.1, -0.05) is 11.6 Å². The van der Waals surface area contributed by atoms with Gasteiger partial charge in [-0.25, -0.2) is 4.98 Å². The monoisotopic (exact) mass is 346 g/mol. The van der Waals surface area contributed by atoms with Crippen molar-refractivity contribution in [3.05, 3.63) is 21.8 Å².